The standard InChI is InChI=1S/C22H32O2/c1-2-3-4-5-6-7-8-9-10-11-12-13-14-15-16-17-18-19-20-21-22(23)24/h10-21H,2-9H2,1H3,(H,23,24)/b11-10-,13-12-,15-14+,17-16-,19-18-,21-20?. The van der Waals surface area contributed by atoms with Crippen molar-refractivity contribution < 1.29 is 9.90 Å². The molecule has 0 saturated heterocycles. The van der Waals surface area contributed by atoms with Crippen molar-refractivity contribution in [2.75, 3.05) is 0 Å². The summed E-state index contributed by atoms with van der Waals surface area (Å²) in [4.78, 5) is 10.2. The molecule has 0 aromatic rings. The van der Waals surface area contributed by atoms with Gasteiger partial charge in [0.2, 0.25) is 0 Å². The Morgan fingerprint density at radius 3 is 1.67 bits per heavy atom. The number of hydrogen-bond donors (Lipinski definition) is 1. The minimum absolute atomic E-state index is 0.936. The van der Waals surface area contributed by atoms with Crippen LogP contribution in [0.3, 0.4) is 0 Å². The molecule has 0 atom stereocenters. The van der Waals surface area contributed by atoms with E-state index in [9.17, 15) is 4.79 Å². The van der Waals surface area contributed by atoms with Gasteiger partial charge in [-0.05, 0) is 12.8 Å². The molecule has 0 aromatic heterocycles. The predicted octanol–water partition coefficient (Wildman–Crippen LogP) is 6.55. The highest BCUT2D eigenvalue weighted by molar-refractivity contribution is 5.80. The van der Waals surface area contributed by atoms with Gasteiger partial charge >= 0.3 is 5.97 Å². The van der Waals surface area contributed by atoms with Gasteiger partial charge in [0.15, 0.2) is 0 Å². The van der Waals surface area contributed by atoms with Gasteiger partial charge in [-0.25, -0.2) is 4.79 Å². The zero-order valence-corrected chi connectivity index (χ0v) is 14.9. The number of carbonyl (C=O) groups is 1. The molecule has 0 aliphatic carbocycles. The van der Waals surface area contributed by atoms with E-state index in [0.717, 1.165) is 12.5 Å². The van der Waals surface area contributed by atoms with Gasteiger partial charge in [0.05, 0.1) is 0 Å². The first-order chi connectivity index (χ1) is 11.8. The lowest BCUT2D eigenvalue weighted by molar-refractivity contribution is -0.131. The Hall–Kier alpha value is -2.09. The maximum absolute atomic E-state index is 10.2. The molecule has 24 heavy (non-hydrogen) atoms. The van der Waals surface area contributed by atoms with Crippen molar-refractivity contribution in [3.05, 3.63) is 72.9 Å². The maximum atomic E-state index is 10.2. The second-order valence-corrected chi connectivity index (χ2v) is 5.58. The summed E-state index contributed by atoms with van der Waals surface area (Å²) in [5.41, 5.74) is 0. The van der Waals surface area contributed by atoms with Crippen LogP contribution >= 0.6 is 0 Å². The van der Waals surface area contributed by atoms with Crippen molar-refractivity contribution in [2.45, 2.75) is 58.3 Å². The smallest absolute Gasteiger partial charge is 0.328 e. The minimum Gasteiger partial charge on any atom is -0.478 e. The lowest BCUT2D eigenvalue weighted by atomic mass is 10.1. The Bertz CT molecular complexity index is 462. The second-order valence-electron chi connectivity index (χ2n) is 5.58. The fourth-order valence-electron chi connectivity index (χ4n) is 2.05. The lowest BCUT2D eigenvalue weighted by Crippen LogP contribution is -1.84. The Morgan fingerprint density at radius 1 is 0.667 bits per heavy atom. The van der Waals surface area contributed by atoms with Crippen LogP contribution in [-0.2, 0) is 4.79 Å². The molecule has 0 aliphatic heterocycles. The molecule has 0 rings (SSSR count). The fourth-order valence-corrected chi connectivity index (χ4v) is 2.05. The average Bonchev–Trinajstić information content (AvgIpc) is 2.56. The fraction of sp³-hybridized carbons (Fsp3) is 0.409. The van der Waals surface area contributed by atoms with Gasteiger partial charge in [-0.1, -0.05) is 112 Å². The average molecular weight is 328 g/mol. The molecule has 0 radical (unpaired) electrons. The Balaban J connectivity index is 3.57. The summed E-state index contributed by atoms with van der Waals surface area (Å²) in [6.07, 6.45) is 32.7. The first kappa shape index (κ1) is 21.9. The maximum Gasteiger partial charge on any atom is 0.328 e. The van der Waals surface area contributed by atoms with Crippen LogP contribution in [0.25, 0.3) is 0 Å². The zero-order valence-electron chi connectivity index (χ0n) is 14.9. The van der Waals surface area contributed by atoms with Crippen LogP contribution in [0, 0.1) is 0 Å². The molecule has 2 nitrogen and oxygen atoms in total. The van der Waals surface area contributed by atoms with E-state index in [0.29, 0.717) is 0 Å². The molecule has 0 aliphatic rings. The Labute approximate surface area is 147 Å². The zero-order chi connectivity index (χ0) is 17.7. The predicted molar refractivity (Wildman–Crippen MR) is 105 cm³/mol. The molecule has 0 saturated carbocycles. The molecule has 0 fully saturated rings. The molecule has 0 aromatic carbocycles. The third kappa shape index (κ3) is 19.9. The van der Waals surface area contributed by atoms with Gasteiger partial charge in [0.1, 0.15) is 0 Å². The summed E-state index contributed by atoms with van der Waals surface area (Å²) in [5, 5.41) is 8.39. The van der Waals surface area contributed by atoms with E-state index < -0.39 is 5.97 Å². The van der Waals surface area contributed by atoms with Crippen molar-refractivity contribution in [2.24, 2.45) is 0 Å². The molecule has 0 amide bonds. The van der Waals surface area contributed by atoms with Gasteiger partial charge in [0.25, 0.3) is 0 Å². The SMILES string of the molecule is CCCCCCCCC\C=C/C=C\C=C\C=C/C=C\C=CC(=O)O. The van der Waals surface area contributed by atoms with Gasteiger partial charge in [0, 0.05) is 6.08 Å². The van der Waals surface area contributed by atoms with Crippen molar-refractivity contribution in [3.63, 3.8) is 0 Å². The summed E-state index contributed by atoms with van der Waals surface area (Å²) in [5.74, 6) is -0.936. The van der Waals surface area contributed by atoms with Gasteiger partial charge in [-0.15, -0.1) is 0 Å². The van der Waals surface area contributed by atoms with Crippen LogP contribution in [0.2, 0.25) is 0 Å². The van der Waals surface area contributed by atoms with Crippen LogP contribution in [-0.4, -0.2) is 11.1 Å². The topological polar surface area (TPSA) is 37.3 Å². The monoisotopic (exact) mass is 328 g/mol. The normalized spacial score (nSPS) is 13.0. The molecule has 0 spiro atoms. The van der Waals surface area contributed by atoms with Crippen molar-refractivity contribution in [1.82, 2.24) is 0 Å². The van der Waals surface area contributed by atoms with Crippen molar-refractivity contribution in [3.8, 4) is 0 Å². The van der Waals surface area contributed by atoms with Crippen molar-refractivity contribution >= 4 is 5.97 Å². The van der Waals surface area contributed by atoms with Gasteiger partial charge < -0.3 is 5.11 Å². The largest absolute Gasteiger partial charge is 0.478 e. The molecular formula is C22H32O2. The van der Waals surface area contributed by atoms with E-state index in [1.807, 2.05) is 36.5 Å². The molecule has 1 N–H and O–H groups in total. The highest BCUT2D eigenvalue weighted by Crippen LogP contribution is 2.08. The second kappa shape index (κ2) is 19.0. The Morgan fingerprint density at radius 2 is 1.12 bits per heavy atom. The summed E-state index contributed by atoms with van der Waals surface area (Å²) in [7, 11) is 0. The van der Waals surface area contributed by atoms with E-state index in [2.05, 4.69) is 19.1 Å². The highest BCUT2D eigenvalue weighted by Gasteiger charge is 1.88. The van der Waals surface area contributed by atoms with Crippen LogP contribution in [0.1, 0.15) is 58.3 Å². The first-order valence-electron chi connectivity index (χ1n) is 9.00. The summed E-state index contributed by atoms with van der Waals surface area (Å²) in [6.45, 7) is 2.25. The lowest BCUT2D eigenvalue weighted by Gasteiger charge is -1.98. The van der Waals surface area contributed by atoms with Crippen LogP contribution in [0.4, 0.5) is 0 Å². The third-order valence-electron chi connectivity index (χ3n) is 3.35. The van der Waals surface area contributed by atoms with Crippen LogP contribution in [0.5, 0.6) is 0 Å². The number of unbranched alkanes of at least 4 members (excludes halogenated alkanes) is 7. The minimum atomic E-state index is -0.936. The van der Waals surface area contributed by atoms with E-state index in [4.69, 9.17) is 5.11 Å². The molecule has 0 unspecified atom stereocenters. The van der Waals surface area contributed by atoms with E-state index in [1.165, 1.54) is 51.0 Å². The molecule has 2 heteroatoms. The summed E-state index contributed by atoms with van der Waals surface area (Å²) >= 11 is 0. The number of allylic oxidation sites excluding steroid dienone is 11. The number of carboxylic acid groups (broad SMARTS) is 1. The van der Waals surface area contributed by atoms with Crippen LogP contribution in [0.15, 0.2) is 72.9 Å². The summed E-state index contributed by atoms with van der Waals surface area (Å²) < 4.78 is 0. The highest BCUT2D eigenvalue weighted by atomic mass is 16.4. The first-order valence-corrected chi connectivity index (χ1v) is 9.00. The van der Waals surface area contributed by atoms with E-state index in [-0.39, 0.29) is 0 Å². The van der Waals surface area contributed by atoms with Crippen molar-refractivity contribution in [1.29, 1.82) is 0 Å². The molecular weight excluding hydrogens is 296 g/mol. The molecule has 0 bridgehead atoms. The molecule has 132 valence electrons. The van der Waals surface area contributed by atoms with Crippen LogP contribution < -0.4 is 0 Å². The van der Waals surface area contributed by atoms with Gasteiger partial charge in [-0.2, -0.15) is 0 Å². The number of aliphatic carboxylic acids is 1. The Kier molecular flexibility index (Phi) is 17.3. The van der Waals surface area contributed by atoms with E-state index >= 15 is 0 Å². The summed E-state index contributed by atoms with van der Waals surface area (Å²) in [6, 6.07) is 0. The third-order valence-corrected chi connectivity index (χ3v) is 3.35. The van der Waals surface area contributed by atoms with Gasteiger partial charge in [-0.3, -0.25) is 0 Å². The molecule has 0 heterocycles. The number of carboxylic acids is 1. The van der Waals surface area contributed by atoms with E-state index in [1.54, 1.807) is 12.2 Å². The number of hydrogen-bond acceptors (Lipinski definition) is 1. The quantitative estimate of drug-likeness (QED) is 0.223. The number of rotatable bonds is 14.